The minimum atomic E-state index is 0.540. The lowest BCUT2D eigenvalue weighted by atomic mass is 9.78. The Balaban J connectivity index is 1.98. The summed E-state index contributed by atoms with van der Waals surface area (Å²) >= 11 is 0. The molecule has 0 amide bonds. The van der Waals surface area contributed by atoms with E-state index in [2.05, 4.69) is 66.0 Å². The SMILES string of the molecule is c1ccc(C(c2ccccc2)C2CNC2)cc1. The van der Waals surface area contributed by atoms with Crippen molar-refractivity contribution < 1.29 is 0 Å². The van der Waals surface area contributed by atoms with Crippen LogP contribution in [0.3, 0.4) is 0 Å². The molecule has 0 spiro atoms. The lowest BCUT2D eigenvalue weighted by molar-refractivity contribution is 0.315. The predicted octanol–water partition coefficient (Wildman–Crippen LogP) is 3.04. The van der Waals surface area contributed by atoms with E-state index in [4.69, 9.17) is 0 Å². The minimum Gasteiger partial charge on any atom is -0.316 e. The fourth-order valence-electron chi connectivity index (χ4n) is 2.60. The zero-order valence-corrected chi connectivity index (χ0v) is 9.84. The highest BCUT2D eigenvalue weighted by atomic mass is 15.0. The van der Waals surface area contributed by atoms with Gasteiger partial charge >= 0.3 is 0 Å². The summed E-state index contributed by atoms with van der Waals surface area (Å²) in [5, 5.41) is 3.38. The Labute approximate surface area is 102 Å². The molecule has 0 bridgehead atoms. The normalized spacial score (nSPS) is 15.8. The number of hydrogen-bond donors (Lipinski definition) is 1. The van der Waals surface area contributed by atoms with Crippen LogP contribution in [-0.4, -0.2) is 13.1 Å². The third kappa shape index (κ3) is 2.11. The van der Waals surface area contributed by atoms with Crippen molar-refractivity contribution in [2.75, 3.05) is 13.1 Å². The summed E-state index contributed by atoms with van der Waals surface area (Å²) < 4.78 is 0. The molecule has 2 aromatic carbocycles. The molecule has 0 aromatic heterocycles. The summed E-state index contributed by atoms with van der Waals surface area (Å²) in [6.07, 6.45) is 0. The molecule has 1 aliphatic rings. The van der Waals surface area contributed by atoms with Crippen molar-refractivity contribution >= 4 is 0 Å². The van der Waals surface area contributed by atoms with Crippen LogP contribution < -0.4 is 5.32 Å². The van der Waals surface area contributed by atoms with Crippen molar-refractivity contribution in [3.8, 4) is 0 Å². The topological polar surface area (TPSA) is 12.0 Å². The van der Waals surface area contributed by atoms with Crippen LogP contribution >= 0.6 is 0 Å². The highest BCUT2D eigenvalue weighted by Crippen LogP contribution is 2.33. The first kappa shape index (κ1) is 10.5. The van der Waals surface area contributed by atoms with Crippen LogP contribution in [0, 0.1) is 5.92 Å². The molecule has 1 saturated heterocycles. The molecule has 0 unspecified atom stereocenters. The summed E-state index contributed by atoms with van der Waals surface area (Å²) in [6, 6.07) is 21.7. The van der Waals surface area contributed by atoms with E-state index in [1.165, 1.54) is 11.1 Å². The van der Waals surface area contributed by atoms with Crippen molar-refractivity contribution in [3.05, 3.63) is 71.8 Å². The van der Waals surface area contributed by atoms with E-state index in [0.717, 1.165) is 19.0 Å². The maximum atomic E-state index is 3.38. The molecule has 2 aromatic rings. The second kappa shape index (κ2) is 4.72. The first-order valence-corrected chi connectivity index (χ1v) is 6.26. The van der Waals surface area contributed by atoms with Gasteiger partial charge in [-0.15, -0.1) is 0 Å². The van der Waals surface area contributed by atoms with Gasteiger partial charge < -0.3 is 5.32 Å². The molecule has 0 aliphatic carbocycles. The van der Waals surface area contributed by atoms with Gasteiger partial charge in [-0.05, 0) is 17.0 Å². The van der Waals surface area contributed by atoms with Crippen LogP contribution in [-0.2, 0) is 0 Å². The predicted molar refractivity (Wildman–Crippen MR) is 71.1 cm³/mol. The zero-order valence-electron chi connectivity index (χ0n) is 9.84. The quantitative estimate of drug-likeness (QED) is 0.843. The highest BCUT2D eigenvalue weighted by Gasteiger charge is 2.29. The van der Waals surface area contributed by atoms with Gasteiger partial charge in [0.05, 0.1) is 0 Å². The molecule has 0 atom stereocenters. The van der Waals surface area contributed by atoms with Gasteiger partial charge in [-0.25, -0.2) is 0 Å². The van der Waals surface area contributed by atoms with Crippen LogP contribution in [0.5, 0.6) is 0 Å². The van der Waals surface area contributed by atoms with Crippen LogP contribution in [0.25, 0.3) is 0 Å². The summed E-state index contributed by atoms with van der Waals surface area (Å²) in [7, 11) is 0. The third-order valence-electron chi connectivity index (χ3n) is 3.60. The smallest absolute Gasteiger partial charge is 0.0142 e. The lowest BCUT2D eigenvalue weighted by Crippen LogP contribution is -2.45. The van der Waals surface area contributed by atoms with E-state index < -0.39 is 0 Å². The molecule has 1 heterocycles. The van der Waals surface area contributed by atoms with Crippen LogP contribution in [0.1, 0.15) is 17.0 Å². The molecule has 1 N–H and O–H groups in total. The van der Waals surface area contributed by atoms with E-state index in [0.29, 0.717) is 5.92 Å². The number of hydrogen-bond acceptors (Lipinski definition) is 1. The van der Waals surface area contributed by atoms with Gasteiger partial charge in [-0.3, -0.25) is 0 Å². The average molecular weight is 223 g/mol. The Morgan fingerprint density at radius 1 is 0.765 bits per heavy atom. The fourth-order valence-corrected chi connectivity index (χ4v) is 2.60. The summed E-state index contributed by atoms with van der Waals surface area (Å²) in [5.41, 5.74) is 2.87. The second-order valence-corrected chi connectivity index (χ2v) is 4.72. The largest absolute Gasteiger partial charge is 0.316 e. The maximum Gasteiger partial charge on any atom is 0.0142 e. The zero-order chi connectivity index (χ0) is 11.5. The first-order valence-electron chi connectivity index (χ1n) is 6.26. The Kier molecular flexibility index (Phi) is 2.93. The summed E-state index contributed by atoms with van der Waals surface area (Å²) in [4.78, 5) is 0. The molecular formula is C16H17N. The summed E-state index contributed by atoms with van der Waals surface area (Å²) in [6.45, 7) is 2.27. The van der Waals surface area contributed by atoms with Gasteiger partial charge in [0, 0.05) is 19.0 Å². The number of benzene rings is 2. The van der Waals surface area contributed by atoms with Gasteiger partial charge in [0.1, 0.15) is 0 Å². The molecule has 1 fully saturated rings. The van der Waals surface area contributed by atoms with Crippen molar-refractivity contribution in [2.24, 2.45) is 5.92 Å². The monoisotopic (exact) mass is 223 g/mol. The molecule has 86 valence electrons. The molecule has 1 aliphatic heterocycles. The molecule has 0 radical (unpaired) electrons. The van der Waals surface area contributed by atoms with Crippen LogP contribution in [0.2, 0.25) is 0 Å². The van der Waals surface area contributed by atoms with E-state index >= 15 is 0 Å². The number of rotatable bonds is 3. The molecule has 1 nitrogen and oxygen atoms in total. The summed E-state index contributed by atoms with van der Waals surface area (Å²) in [5.74, 6) is 1.28. The van der Waals surface area contributed by atoms with E-state index in [-0.39, 0.29) is 0 Å². The Bertz CT molecular complexity index is 420. The fraction of sp³-hybridized carbons (Fsp3) is 0.250. The molecule has 0 saturated carbocycles. The van der Waals surface area contributed by atoms with Gasteiger partial charge in [-0.1, -0.05) is 60.7 Å². The van der Waals surface area contributed by atoms with E-state index in [1.807, 2.05) is 0 Å². The Morgan fingerprint density at radius 2 is 1.24 bits per heavy atom. The van der Waals surface area contributed by atoms with Crippen molar-refractivity contribution in [2.45, 2.75) is 5.92 Å². The molecule has 3 rings (SSSR count). The third-order valence-corrected chi connectivity index (χ3v) is 3.60. The van der Waals surface area contributed by atoms with Gasteiger partial charge in [-0.2, -0.15) is 0 Å². The van der Waals surface area contributed by atoms with E-state index in [9.17, 15) is 0 Å². The maximum absolute atomic E-state index is 3.38. The average Bonchev–Trinajstić information content (AvgIpc) is 2.36. The van der Waals surface area contributed by atoms with Crippen LogP contribution in [0.4, 0.5) is 0 Å². The van der Waals surface area contributed by atoms with Gasteiger partial charge in [0.25, 0.3) is 0 Å². The lowest BCUT2D eigenvalue weighted by Gasteiger charge is -2.35. The van der Waals surface area contributed by atoms with Gasteiger partial charge in [0.2, 0.25) is 0 Å². The first-order chi connectivity index (χ1) is 8.45. The van der Waals surface area contributed by atoms with Crippen molar-refractivity contribution in [1.29, 1.82) is 0 Å². The second-order valence-electron chi connectivity index (χ2n) is 4.72. The standard InChI is InChI=1S/C16H17N/c1-3-7-13(8-4-1)16(15-11-17-12-15)14-9-5-2-6-10-14/h1-10,15-17H,11-12H2. The highest BCUT2D eigenvalue weighted by molar-refractivity contribution is 5.34. The molecule has 1 heteroatoms. The molecular weight excluding hydrogens is 206 g/mol. The van der Waals surface area contributed by atoms with Crippen molar-refractivity contribution in [1.82, 2.24) is 5.32 Å². The number of nitrogens with one attached hydrogen (secondary N) is 1. The van der Waals surface area contributed by atoms with Gasteiger partial charge in [0.15, 0.2) is 0 Å². The van der Waals surface area contributed by atoms with Crippen LogP contribution in [0.15, 0.2) is 60.7 Å². The van der Waals surface area contributed by atoms with E-state index in [1.54, 1.807) is 0 Å². The Hall–Kier alpha value is -1.60. The molecule has 17 heavy (non-hydrogen) atoms. The minimum absolute atomic E-state index is 0.540. The van der Waals surface area contributed by atoms with Crippen molar-refractivity contribution in [3.63, 3.8) is 0 Å². The Morgan fingerprint density at radius 3 is 1.59 bits per heavy atom.